The quantitative estimate of drug-likeness (QED) is 0.835. The Balaban J connectivity index is 2.15. The highest BCUT2D eigenvalue weighted by Gasteiger charge is 2.02. The van der Waals surface area contributed by atoms with Crippen molar-refractivity contribution in [3.8, 4) is 5.69 Å². The van der Waals surface area contributed by atoms with Gasteiger partial charge in [-0.25, -0.2) is 4.68 Å². The molecule has 0 saturated heterocycles. The first kappa shape index (κ1) is 11.8. The summed E-state index contributed by atoms with van der Waals surface area (Å²) >= 11 is 0. The number of aromatic nitrogens is 3. The molecule has 0 atom stereocenters. The van der Waals surface area contributed by atoms with E-state index in [9.17, 15) is 0 Å². The molecule has 0 aliphatic heterocycles. The highest BCUT2D eigenvalue weighted by molar-refractivity contribution is 5.33. The van der Waals surface area contributed by atoms with Crippen molar-refractivity contribution >= 4 is 0 Å². The molecule has 0 spiro atoms. The molecular weight excluding hydrogens is 218 g/mol. The lowest BCUT2D eigenvalue weighted by Gasteiger charge is -2.02. The molecule has 0 bridgehead atoms. The molecule has 0 fully saturated rings. The Bertz CT molecular complexity index is 465. The summed E-state index contributed by atoms with van der Waals surface area (Å²) in [7, 11) is 1.67. The Morgan fingerprint density at radius 1 is 1.29 bits per heavy atom. The zero-order chi connectivity index (χ0) is 12.1. The van der Waals surface area contributed by atoms with E-state index in [0.29, 0.717) is 13.0 Å². The molecule has 5 heteroatoms. The average Bonchev–Trinajstić information content (AvgIpc) is 2.80. The number of methoxy groups -OCH3 is 1. The monoisotopic (exact) mass is 233 g/mol. The number of nitrogens with zero attached hydrogens (tertiary/aromatic N) is 3. The molecule has 1 N–H and O–H groups in total. The van der Waals surface area contributed by atoms with Crippen molar-refractivity contribution < 1.29 is 9.84 Å². The van der Waals surface area contributed by atoms with E-state index >= 15 is 0 Å². The number of aliphatic hydroxyl groups is 1. The first-order chi connectivity index (χ1) is 8.33. The van der Waals surface area contributed by atoms with Gasteiger partial charge in [0, 0.05) is 20.1 Å². The van der Waals surface area contributed by atoms with Crippen molar-refractivity contribution in [2.45, 2.75) is 13.0 Å². The summed E-state index contributed by atoms with van der Waals surface area (Å²) in [6.07, 6.45) is 2.35. The molecule has 2 aromatic rings. The van der Waals surface area contributed by atoms with E-state index in [2.05, 4.69) is 10.3 Å². The average molecular weight is 233 g/mol. The van der Waals surface area contributed by atoms with Gasteiger partial charge in [0.1, 0.15) is 0 Å². The van der Waals surface area contributed by atoms with Gasteiger partial charge in [0.05, 0.1) is 24.2 Å². The van der Waals surface area contributed by atoms with Crippen LogP contribution in [0.5, 0.6) is 0 Å². The molecule has 90 valence electrons. The van der Waals surface area contributed by atoms with E-state index in [4.69, 9.17) is 9.84 Å². The van der Waals surface area contributed by atoms with Gasteiger partial charge >= 0.3 is 0 Å². The number of hydrogen-bond donors (Lipinski definition) is 1. The van der Waals surface area contributed by atoms with Crippen molar-refractivity contribution in [3.05, 3.63) is 41.7 Å². The molecule has 5 nitrogen and oxygen atoms in total. The van der Waals surface area contributed by atoms with Gasteiger partial charge in [0.2, 0.25) is 0 Å². The van der Waals surface area contributed by atoms with E-state index in [-0.39, 0.29) is 6.61 Å². The molecule has 1 heterocycles. The van der Waals surface area contributed by atoms with Crippen LogP contribution in [0.1, 0.15) is 11.3 Å². The molecule has 0 aliphatic carbocycles. The lowest BCUT2D eigenvalue weighted by molar-refractivity contribution is 0.185. The van der Waals surface area contributed by atoms with Crippen LogP contribution in [-0.2, 0) is 17.8 Å². The molecule has 0 amide bonds. The van der Waals surface area contributed by atoms with Crippen molar-refractivity contribution in [2.75, 3.05) is 13.7 Å². The first-order valence-corrected chi connectivity index (χ1v) is 5.44. The van der Waals surface area contributed by atoms with Gasteiger partial charge in [0.15, 0.2) is 0 Å². The maximum absolute atomic E-state index is 8.80. The Kier molecular flexibility index (Phi) is 3.85. The van der Waals surface area contributed by atoms with Crippen LogP contribution in [0, 0.1) is 0 Å². The number of ether oxygens (including phenoxy) is 1. The van der Waals surface area contributed by atoms with E-state index < -0.39 is 0 Å². The minimum absolute atomic E-state index is 0.0888. The zero-order valence-corrected chi connectivity index (χ0v) is 9.71. The van der Waals surface area contributed by atoms with Gasteiger partial charge in [-0.15, -0.1) is 5.10 Å². The number of hydrogen-bond acceptors (Lipinski definition) is 4. The van der Waals surface area contributed by atoms with Gasteiger partial charge in [-0.3, -0.25) is 0 Å². The highest BCUT2D eigenvalue weighted by atomic mass is 16.5. The lowest BCUT2D eigenvalue weighted by atomic mass is 10.2. The maximum atomic E-state index is 8.80. The fraction of sp³-hybridized carbons (Fsp3) is 0.333. The highest BCUT2D eigenvalue weighted by Crippen LogP contribution is 2.09. The fourth-order valence-electron chi connectivity index (χ4n) is 1.57. The second-order valence-electron chi connectivity index (χ2n) is 3.73. The summed E-state index contributed by atoms with van der Waals surface area (Å²) < 4.78 is 6.74. The van der Waals surface area contributed by atoms with Crippen molar-refractivity contribution in [1.29, 1.82) is 0 Å². The van der Waals surface area contributed by atoms with Crippen LogP contribution >= 0.6 is 0 Å². The van der Waals surface area contributed by atoms with Crippen molar-refractivity contribution in [3.63, 3.8) is 0 Å². The van der Waals surface area contributed by atoms with Crippen LogP contribution in [0.2, 0.25) is 0 Å². The van der Waals surface area contributed by atoms with Gasteiger partial charge in [0.25, 0.3) is 0 Å². The van der Waals surface area contributed by atoms with Crippen LogP contribution in [-0.4, -0.2) is 33.8 Å². The third kappa shape index (κ3) is 2.89. The molecule has 2 rings (SSSR count). The SMILES string of the molecule is COCc1ccc(-n2cc(CCO)nn2)cc1. The predicted molar refractivity (Wildman–Crippen MR) is 62.9 cm³/mol. The Morgan fingerprint density at radius 3 is 2.71 bits per heavy atom. The Labute approximate surface area is 99.7 Å². The van der Waals surface area contributed by atoms with E-state index in [1.807, 2.05) is 30.5 Å². The molecule has 0 saturated carbocycles. The largest absolute Gasteiger partial charge is 0.396 e. The number of rotatable bonds is 5. The van der Waals surface area contributed by atoms with Crippen LogP contribution in [0.25, 0.3) is 5.69 Å². The summed E-state index contributed by atoms with van der Waals surface area (Å²) in [5.74, 6) is 0. The van der Waals surface area contributed by atoms with Gasteiger partial charge in [-0.1, -0.05) is 17.3 Å². The van der Waals surface area contributed by atoms with Crippen LogP contribution in [0.3, 0.4) is 0 Å². The van der Waals surface area contributed by atoms with E-state index in [1.165, 1.54) is 0 Å². The normalized spacial score (nSPS) is 10.7. The Hall–Kier alpha value is -1.72. The third-order valence-electron chi connectivity index (χ3n) is 2.42. The third-order valence-corrected chi connectivity index (χ3v) is 2.42. The van der Waals surface area contributed by atoms with E-state index in [1.54, 1.807) is 11.8 Å². The second kappa shape index (κ2) is 5.56. The molecular formula is C12H15N3O2. The second-order valence-corrected chi connectivity index (χ2v) is 3.73. The predicted octanol–water partition coefficient (Wildman–Crippen LogP) is 0.948. The van der Waals surface area contributed by atoms with Gasteiger partial charge in [-0.05, 0) is 17.7 Å². The fourth-order valence-corrected chi connectivity index (χ4v) is 1.57. The molecule has 0 radical (unpaired) electrons. The van der Waals surface area contributed by atoms with E-state index in [0.717, 1.165) is 16.9 Å². The van der Waals surface area contributed by atoms with Gasteiger partial charge < -0.3 is 9.84 Å². The summed E-state index contributed by atoms with van der Waals surface area (Å²) in [5.41, 5.74) is 2.85. The first-order valence-electron chi connectivity index (χ1n) is 5.44. The molecule has 0 aliphatic rings. The van der Waals surface area contributed by atoms with Crippen LogP contribution in [0.4, 0.5) is 0 Å². The minimum Gasteiger partial charge on any atom is -0.396 e. The van der Waals surface area contributed by atoms with Crippen LogP contribution in [0.15, 0.2) is 30.5 Å². The molecule has 0 unspecified atom stereocenters. The summed E-state index contributed by atoms with van der Waals surface area (Å²) in [4.78, 5) is 0. The van der Waals surface area contributed by atoms with Crippen molar-refractivity contribution in [1.82, 2.24) is 15.0 Å². The lowest BCUT2D eigenvalue weighted by Crippen LogP contribution is -1.95. The zero-order valence-electron chi connectivity index (χ0n) is 9.71. The summed E-state index contributed by atoms with van der Waals surface area (Å²) in [5, 5.41) is 16.8. The smallest absolute Gasteiger partial charge is 0.0854 e. The molecule has 1 aromatic carbocycles. The molecule has 17 heavy (non-hydrogen) atoms. The summed E-state index contributed by atoms with van der Waals surface area (Å²) in [6.45, 7) is 0.693. The van der Waals surface area contributed by atoms with Gasteiger partial charge in [-0.2, -0.15) is 0 Å². The molecule has 1 aromatic heterocycles. The standard InChI is InChI=1S/C12H15N3O2/c1-17-9-10-2-4-12(5-3-10)15-8-11(6-7-16)13-14-15/h2-5,8,16H,6-7,9H2,1H3. The number of aliphatic hydroxyl groups excluding tert-OH is 1. The number of benzene rings is 1. The summed E-state index contributed by atoms with van der Waals surface area (Å²) in [6, 6.07) is 7.91. The topological polar surface area (TPSA) is 60.2 Å². The minimum atomic E-state index is 0.0888. The van der Waals surface area contributed by atoms with Crippen molar-refractivity contribution in [2.24, 2.45) is 0 Å². The maximum Gasteiger partial charge on any atom is 0.0854 e. The van der Waals surface area contributed by atoms with Crippen LogP contribution < -0.4 is 0 Å². The Morgan fingerprint density at radius 2 is 2.06 bits per heavy atom.